The fourth-order valence-corrected chi connectivity index (χ4v) is 5.85. The first-order chi connectivity index (χ1) is 16.0. The van der Waals surface area contributed by atoms with Gasteiger partial charge < -0.3 is 4.74 Å². The molecule has 0 bridgehead atoms. The predicted molar refractivity (Wildman–Crippen MR) is 126 cm³/mol. The van der Waals surface area contributed by atoms with Crippen molar-refractivity contribution in [2.24, 2.45) is 5.92 Å². The number of nitrogens with zero attached hydrogens (tertiary/aromatic N) is 1. The molecular formula is C25H23ClF3NO3S. The number of hydrogen-bond donors (Lipinski definition) is 0. The van der Waals surface area contributed by atoms with E-state index in [1.807, 2.05) is 6.92 Å². The van der Waals surface area contributed by atoms with Gasteiger partial charge in [-0.05, 0) is 48.2 Å². The molecule has 0 fully saturated rings. The number of halogens is 4. The second-order valence-corrected chi connectivity index (χ2v) is 10.8. The van der Waals surface area contributed by atoms with Crippen molar-refractivity contribution in [3.63, 3.8) is 0 Å². The van der Waals surface area contributed by atoms with Crippen LogP contribution in [0.15, 0.2) is 65.6 Å². The summed E-state index contributed by atoms with van der Waals surface area (Å²) >= 11 is 6.06. The minimum Gasteiger partial charge on any atom is -0.489 e. The van der Waals surface area contributed by atoms with Crippen molar-refractivity contribution in [2.45, 2.75) is 37.7 Å². The van der Waals surface area contributed by atoms with Gasteiger partial charge in [-0.2, -0.15) is 0 Å². The quantitative estimate of drug-likeness (QED) is 0.378. The third kappa shape index (κ3) is 4.88. The lowest BCUT2D eigenvalue weighted by molar-refractivity contribution is 0.0172. The van der Waals surface area contributed by atoms with Gasteiger partial charge in [0.2, 0.25) is 0 Å². The minimum absolute atomic E-state index is 0.0158. The van der Waals surface area contributed by atoms with Gasteiger partial charge in [0.1, 0.15) is 18.2 Å². The second kappa shape index (κ2) is 9.15. The summed E-state index contributed by atoms with van der Waals surface area (Å²) in [6.07, 6.45) is 0.647. The Morgan fingerprint density at radius 1 is 1.12 bits per heavy atom. The molecule has 0 aliphatic carbocycles. The Bertz CT molecular complexity index is 1300. The van der Waals surface area contributed by atoms with Gasteiger partial charge in [0.25, 0.3) is 15.9 Å². The lowest BCUT2D eigenvalue weighted by Gasteiger charge is -2.34. The molecule has 9 heteroatoms. The fourth-order valence-electron chi connectivity index (χ4n) is 3.97. The monoisotopic (exact) mass is 509 g/mol. The molecule has 1 atom stereocenters. The zero-order chi connectivity index (χ0) is 24.7. The fraction of sp³-hybridized carbons (Fsp3) is 0.280. The Morgan fingerprint density at radius 3 is 2.56 bits per heavy atom. The van der Waals surface area contributed by atoms with Crippen LogP contribution in [-0.4, -0.2) is 15.0 Å². The van der Waals surface area contributed by atoms with E-state index in [-0.39, 0.29) is 40.1 Å². The number of alkyl halides is 2. The summed E-state index contributed by atoms with van der Waals surface area (Å²) in [4.78, 5) is -0.212. The molecule has 0 aromatic heterocycles. The smallest absolute Gasteiger partial charge is 0.270 e. The van der Waals surface area contributed by atoms with Crippen molar-refractivity contribution in [1.82, 2.24) is 0 Å². The van der Waals surface area contributed by atoms with Crippen LogP contribution in [0.25, 0.3) is 0 Å². The average Bonchev–Trinajstić information content (AvgIpc) is 2.78. The number of ether oxygens (including phenoxy) is 1. The van der Waals surface area contributed by atoms with Crippen LogP contribution in [-0.2, 0) is 29.0 Å². The number of rotatable bonds is 6. The van der Waals surface area contributed by atoms with E-state index in [9.17, 15) is 21.6 Å². The van der Waals surface area contributed by atoms with Gasteiger partial charge in [0.15, 0.2) is 0 Å². The number of sulfonamides is 1. The Kier molecular flexibility index (Phi) is 6.57. The van der Waals surface area contributed by atoms with Crippen molar-refractivity contribution < 1.29 is 26.3 Å². The van der Waals surface area contributed by atoms with E-state index < -0.39 is 21.8 Å². The molecule has 34 heavy (non-hydrogen) atoms. The lowest BCUT2D eigenvalue weighted by atomic mass is 9.95. The first kappa shape index (κ1) is 24.4. The molecule has 1 aliphatic rings. The zero-order valence-corrected chi connectivity index (χ0v) is 20.1. The van der Waals surface area contributed by atoms with Gasteiger partial charge in [-0.15, -0.1) is 0 Å². The van der Waals surface area contributed by atoms with E-state index in [0.717, 1.165) is 18.6 Å². The molecule has 0 amide bonds. The van der Waals surface area contributed by atoms with Crippen LogP contribution in [0.5, 0.6) is 5.75 Å². The van der Waals surface area contributed by atoms with Crippen molar-refractivity contribution in [1.29, 1.82) is 0 Å². The van der Waals surface area contributed by atoms with Crippen molar-refractivity contribution >= 4 is 27.3 Å². The third-order valence-corrected chi connectivity index (χ3v) is 7.87. The van der Waals surface area contributed by atoms with Crippen LogP contribution < -0.4 is 9.04 Å². The van der Waals surface area contributed by atoms with E-state index in [4.69, 9.17) is 16.3 Å². The molecule has 4 rings (SSSR count). The molecule has 0 spiro atoms. The molecule has 1 unspecified atom stereocenters. The molecule has 3 aromatic carbocycles. The van der Waals surface area contributed by atoms with E-state index >= 15 is 0 Å². The van der Waals surface area contributed by atoms with Gasteiger partial charge in [0, 0.05) is 30.7 Å². The highest BCUT2D eigenvalue weighted by atomic mass is 35.5. The first-order valence-corrected chi connectivity index (χ1v) is 12.5. The van der Waals surface area contributed by atoms with Crippen LogP contribution in [0, 0.1) is 11.7 Å². The molecule has 0 saturated heterocycles. The first-order valence-electron chi connectivity index (χ1n) is 10.7. The summed E-state index contributed by atoms with van der Waals surface area (Å²) in [7, 11) is -4.13. The van der Waals surface area contributed by atoms with Gasteiger partial charge in [-0.1, -0.05) is 42.8 Å². The number of benzene rings is 3. The molecule has 180 valence electrons. The highest BCUT2D eigenvalue weighted by Crippen LogP contribution is 2.38. The number of fused-ring (bicyclic) bond motifs is 1. The van der Waals surface area contributed by atoms with E-state index in [0.29, 0.717) is 17.9 Å². The minimum atomic E-state index is -4.13. The van der Waals surface area contributed by atoms with Gasteiger partial charge >= 0.3 is 0 Å². The Labute approximate surface area is 202 Å². The maximum Gasteiger partial charge on any atom is 0.270 e. The van der Waals surface area contributed by atoms with E-state index in [1.165, 1.54) is 34.6 Å². The standard InChI is InChI=1S/C25H23ClF3NO3S/c1-16-11-17-9-10-19(33-15-21-22(26)7-4-8-23(21)27)13-24(17)30(14-16)34(31,32)20-6-3-5-18(12-20)25(2,28)29/h3-10,12-13,16H,11,14-15H2,1-2H3. The molecule has 1 aliphatic heterocycles. The summed E-state index contributed by atoms with van der Waals surface area (Å²) in [5.74, 6) is -3.33. The molecule has 3 aromatic rings. The summed E-state index contributed by atoms with van der Waals surface area (Å²) in [6.45, 7) is 2.70. The van der Waals surface area contributed by atoms with Crippen molar-refractivity contribution in [2.75, 3.05) is 10.8 Å². The van der Waals surface area contributed by atoms with Gasteiger partial charge in [-0.3, -0.25) is 4.31 Å². The number of anilines is 1. The normalized spacial score (nSPS) is 16.3. The SMILES string of the molecule is CC1Cc2ccc(OCc3c(F)cccc3Cl)cc2N(S(=O)(=O)c2cccc(C(C)(F)F)c2)C1. The summed E-state index contributed by atoms with van der Waals surface area (Å²) in [5.41, 5.74) is 1.01. The molecule has 4 nitrogen and oxygen atoms in total. The number of hydrogen-bond acceptors (Lipinski definition) is 3. The van der Waals surface area contributed by atoms with Crippen LogP contribution in [0.3, 0.4) is 0 Å². The molecule has 1 heterocycles. The zero-order valence-electron chi connectivity index (χ0n) is 18.6. The van der Waals surface area contributed by atoms with Crippen molar-refractivity contribution in [3.05, 3.63) is 88.2 Å². The topological polar surface area (TPSA) is 46.6 Å². The summed E-state index contributed by atoms with van der Waals surface area (Å²) < 4.78 is 75.8. The van der Waals surface area contributed by atoms with E-state index in [1.54, 1.807) is 24.3 Å². The van der Waals surface area contributed by atoms with Crippen LogP contribution in [0.1, 0.15) is 30.5 Å². The highest BCUT2D eigenvalue weighted by molar-refractivity contribution is 7.92. The maximum absolute atomic E-state index is 14.1. The third-order valence-electron chi connectivity index (χ3n) is 5.75. The Morgan fingerprint density at radius 2 is 1.85 bits per heavy atom. The summed E-state index contributed by atoms with van der Waals surface area (Å²) in [5, 5.41) is 0.226. The van der Waals surface area contributed by atoms with Gasteiger partial charge in [-0.25, -0.2) is 21.6 Å². The molecular weight excluding hydrogens is 487 g/mol. The molecule has 0 saturated carbocycles. The molecule has 0 N–H and O–H groups in total. The highest BCUT2D eigenvalue weighted by Gasteiger charge is 2.34. The van der Waals surface area contributed by atoms with Crippen LogP contribution in [0.4, 0.5) is 18.9 Å². The van der Waals surface area contributed by atoms with Gasteiger partial charge in [0.05, 0.1) is 15.6 Å². The lowest BCUT2D eigenvalue weighted by Crippen LogP contribution is -2.39. The predicted octanol–water partition coefficient (Wildman–Crippen LogP) is 6.56. The largest absolute Gasteiger partial charge is 0.489 e. The van der Waals surface area contributed by atoms with Crippen molar-refractivity contribution in [3.8, 4) is 5.75 Å². The Balaban J connectivity index is 1.69. The maximum atomic E-state index is 14.1. The summed E-state index contributed by atoms with van der Waals surface area (Å²) in [6, 6.07) is 14.2. The second-order valence-electron chi connectivity index (χ2n) is 8.54. The Hall–Kier alpha value is -2.71. The van der Waals surface area contributed by atoms with Crippen LogP contribution in [0.2, 0.25) is 5.02 Å². The average molecular weight is 510 g/mol. The molecule has 0 radical (unpaired) electrons. The van der Waals surface area contributed by atoms with E-state index in [2.05, 4.69) is 0 Å². The van der Waals surface area contributed by atoms with Crippen LogP contribution >= 0.6 is 11.6 Å².